The first-order valence-corrected chi connectivity index (χ1v) is 8.04. The Kier molecular flexibility index (Phi) is 3.92. The summed E-state index contributed by atoms with van der Waals surface area (Å²) in [5, 5.41) is 4.75. The Labute approximate surface area is 140 Å². The van der Waals surface area contributed by atoms with Crippen molar-refractivity contribution in [3.8, 4) is 0 Å². The maximum absolute atomic E-state index is 12.4. The highest BCUT2D eigenvalue weighted by atomic mass is 35.5. The van der Waals surface area contributed by atoms with Gasteiger partial charge in [0.2, 0.25) is 11.8 Å². The van der Waals surface area contributed by atoms with Gasteiger partial charge in [0.25, 0.3) is 0 Å². The van der Waals surface area contributed by atoms with Gasteiger partial charge in [-0.05, 0) is 30.7 Å². The van der Waals surface area contributed by atoms with Gasteiger partial charge in [0.05, 0.1) is 5.92 Å². The van der Waals surface area contributed by atoms with E-state index in [0.717, 1.165) is 11.3 Å². The molecular weight excluding hydrogens is 314 g/mol. The van der Waals surface area contributed by atoms with E-state index in [0.29, 0.717) is 29.7 Å². The van der Waals surface area contributed by atoms with E-state index in [1.54, 1.807) is 4.90 Å². The number of carbonyl (C=O) groups excluding carboxylic acids is 1. The molecule has 0 aliphatic carbocycles. The number of hydrogen-bond donors (Lipinski definition) is 0. The molecule has 1 aliphatic rings. The maximum Gasteiger partial charge on any atom is 0.232 e. The monoisotopic (exact) mass is 333 g/mol. The van der Waals surface area contributed by atoms with Gasteiger partial charge >= 0.3 is 0 Å². The average Bonchev–Trinajstić information content (AvgIpc) is 3.08. The summed E-state index contributed by atoms with van der Waals surface area (Å²) in [5.41, 5.74) is 1.64. The standard InChI is InChI=1S/C17H20ClN3O2/c1-10-7-12(5-6-13(10)18)21-9-11(8-14(21)22)15-19-16(20-23-15)17(2,3)4/h5-7,11H,8-9H2,1-4H3. The fourth-order valence-electron chi connectivity index (χ4n) is 2.62. The molecule has 0 radical (unpaired) electrons. The largest absolute Gasteiger partial charge is 0.339 e. The predicted octanol–water partition coefficient (Wildman–Crippen LogP) is 3.85. The van der Waals surface area contributed by atoms with E-state index in [2.05, 4.69) is 10.1 Å². The molecule has 6 heteroatoms. The number of amides is 1. The van der Waals surface area contributed by atoms with Crippen molar-refractivity contribution in [3.63, 3.8) is 0 Å². The van der Waals surface area contributed by atoms with Crippen LogP contribution in [0.2, 0.25) is 5.02 Å². The van der Waals surface area contributed by atoms with Crippen LogP contribution in [0.5, 0.6) is 0 Å². The van der Waals surface area contributed by atoms with Crippen LogP contribution in [0.3, 0.4) is 0 Å². The van der Waals surface area contributed by atoms with Gasteiger partial charge in [0.15, 0.2) is 5.82 Å². The van der Waals surface area contributed by atoms with Crippen LogP contribution in [0, 0.1) is 6.92 Å². The molecule has 0 N–H and O–H groups in total. The number of anilines is 1. The van der Waals surface area contributed by atoms with Gasteiger partial charge in [-0.2, -0.15) is 4.98 Å². The molecule has 3 rings (SSSR count). The third kappa shape index (κ3) is 3.11. The lowest BCUT2D eigenvalue weighted by Gasteiger charge is -2.17. The van der Waals surface area contributed by atoms with Crippen LogP contribution in [-0.2, 0) is 10.2 Å². The SMILES string of the molecule is Cc1cc(N2CC(c3nc(C(C)(C)C)no3)CC2=O)ccc1Cl. The lowest BCUT2D eigenvalue weighted by molar-refractivity contribution is -0.117. The van der Waals surface area contributed by atoms with E-state index in [9.17, 15) is 4.79 Å². The maximum atomic E-state index is 12.4. The highest BCUT2D eigenvalue weighted by molar-refractivity contribution is 6.31. The Hall–Kier alpha value is -1.88. The first-order chi connectivity index (χ1) is 10.8. The molecule has 23 heavy (non-hydrogen) atoms. The molecule has 1 unspecified atom stereocenters. The Bertz CT molecular complexity index is 749. The molecule has 5 nitrogen and oxygen atoms in total. The van der Waals surface area contributed by atoms with Gasteiger partial charge in [-0.15, -0.1) is 0 Å². The van der Waals surface area contributed by atoms with Crippen molar-refractivity contribution in [1.82, 2.24) is 10.1 Å². The Morgan fingerprint density at radius 2 is 2.09 bits per heavy atom. The number of carbonyl (C=O) groups is 1. The van der Waals surface area contributed by atoms with Crippen molar-refractivity contribution in [1.29, 1.82) is 0 Å². The number of benzene rings is 1. The molecule has 1 aliphatic heterocycles. The smallest absolute Gasteiger partial charge is 0.232 e. The number of halogens is 1. The molecule has 2 aromatic rings. The zero-order chi connectivity index (χ0) is 16.8. The zero-order valence-electron chi connectivity index (χ0n) is 13.8. The van der Waals surface area contributed by atoms with Gasteiger partial charge in [-0.25, -0.2) is 0 Å². The lowest BCUT2D eigenvalue weighted by atomic mass is 9.96. The highest BCUT2D eigenvalue weighted by Crippen LogP contribution is 2.33. The fourth-order valence-corrected chi connectivity index (χ4v) is 2.74. The molecule has 122 valence electrons. The normalized spacial score (nSPS) is 18.7. The molecule has 1 aromatic carbocycles. The van der Waals surface area contributed by atoms with Crippen molar-refractivity contribution in [3.05, 3.63) is 40.5 Å². The van der Waals surface area contributed by atoms with Crippen LogP contribution in [0.4, 0.5) is 5.69 Å². The number of aryl methyl sites for hydroxylation is 1. The Morgan fingerprint density at radius 3 is 2.70 bits per heavy atom. The van der Waals surface area contributed by atoms with E-state index in [1.165, 1.54) is 0 Å². The van der Waals surface area contributed by atoms with Crippen molar-refractivity contribution in [2.24, 2.45) is 0 Å². The van der Waals surface area contributed by atoms with Crippen LogP contribution in [0.15, 0.2) is 22.7 Å². The number of nitrogens with zero attached hydrogens (tertiary/aromatic N) is 3. The van der Waals surface area contributed by atoms with E-state index in [-0.39, 0.29) is 17.2 Å². The summed E-state index contributed by atoms with van der Waals surface area (Å²) in [4.78, 5) is 18.6. The van der Waals surface area contributed by atoms with Crippen LogP contribution in [0.1, 0.15) is 50.4 Å². The molecule has 1 fully saturated rings. The summed E-state index contributed by atoms with van der Waals surface area (Å²) < 4.78 is 5.39. The summed E-state index contributed by atoms with van der Waals surface area (Å²) in [6.45, 7) is 8.57. The van der Waals surface area contributed by atoms with Crippen molar-refractivity contribution in [2.75, 3.05) is 11.4 Å². The number of aromatic nitrogens is 2. The van der Waals surface area contributed by atoms with Crippen molar-refractivity contribution < 1.29 is 9.32 Å². The third-order valence-corrected chi connectivity index (χ3v) is 4.46. The molecular formula is C17H20ClN3O2. The summed E-state index contributed by atoms with van der Waals surface area (Å²) in [5.74, 6) is 1.20. The fraction of sp³-hybridized carbons (Fsp3) is 0.471. The summed E-state index contributed by atoms with van der Waals surface area (Å²) >= 11 is 6.06. The molecule has 1 aromatic heterocycles. The van der Waals surface area contributed by atoms with E-state index >= 15 is 0 Å². The Balaban J connectivity index is 1.82. The number of hydrogen-bond acceptors (Lipinski definition) is 4. The molecule has 1 saturated heterocycles. The molecule has 0 bridgehead atoms. The minimum absolute atomic E-state index is 0.0623. The third-order valence-electron chi connectivity index (χ3n) is 4.04. The second kappa shape index (κ2) is 5.64. The van der Waals surface area contributed by atoms with Gasteiger partial charge in [0.1, 0.15) is 0 Å². The second-order valence-electron chi connectivity index (χ2n) is 7.05. The van der Waals surface area contributed by atoms with Crippen LogP contribution < -0.4 is 4.90 Å². The summed E-state index contributed by atoms with van der Waals surface area (Å²) in [6, 6.07) is 5.61. The molecule has 0 saturated carbocycles. The molecule has 1 amide bonds. The van der Waals surface area contributed by atoms with Gasteiger partial charge in [0, 0.05) is 29.1 Å². The minimum Gasteiger partial charge on any atom is -0.339 e. The van der Waals surface area contributed by atoms with Crippen LogP contribution >= 0.6 is 11.6 Å². The first kappa shape index (κ1) is 16.0. The Morgan fingerprint density at radius 1 is 1.35 bits per heavy atom. The van der Waals surface area contributed by atoms with E-state index in [1.807, 2.05) is 45.9 Å². The van der Waals surface area contributed by atoms with Crippen molar-refractivity contribution in [2.45, 2.75) is 45.4 Å². The predicted molar refractivity (Wildman–Crippen MR) is 88.9 cm³/mol. The molecule has 1 atom stereocenters. The average molecular weight is 334 g/mol. The molecule has 0 spiro atoms. The quantitative estimate of drug-likeness (QED) is 0.837. The minimum atomic E-state index is -0.169. The highest BCUT2D eigenvalue weighted by Gasteiger charge is 2.36. The van der Waals surface area contributed by atoms with Gasteiger partial charge < -0.3 is 9.42 Å². The van der Waals surface area contributed by atoms with Crippen LogP contribution in [-0.4, -0.2) is 22.6 Å². The van der Waals surface area contributed by atoms with Gasteiger partial charge in [-0.3, -0.25) is 4.79 Å². The van der Waals surface area contributed by atoms with E-state index in [4.69, 9.17) is 16.1 Å². The summed E-state index contributed by atoms with van der Waals surface area (Å²) in [6.07, 6.45) is 0.382. The van der Waals surface area contributed by atoms with Crippen LogP contribution in [0.25, 0.3) is 0 Å². The van der Waals surface area contributed by atoms with Gasteiger partial charge in [-0.1, -0.05) is 37.5 Å². The number of rotatable bonds is 2. The second-order valence-corrected chi connectivity index (χ2v) is 7.45. The summed E-state index contributed by atoms with van der Waals surface area (Å²) in [7, 11) is 0. The topological polar surface area (TPSA) is 59.2 Å². The van der Waals surface area contributed by atoms with E-state index < -0.39 is 0 Å². The first-order valence-electron chi connectivity index (χ1n) is 7.66. The zero-order valence-corrected chi connectivity index (χ0v) is 14.5. The van der Waals surface area contributed by atoms with Crippen molar-refractivity contribution >= 4 is 23.2 Å². The molecule has 2 heterocycles. The lowest BCUT2D eigenvalue weighted by Crippen LogP contribution is -2.24.